The molecule has 4 aromatic carbocycles. The molecule has 0 radical (unpaired) electrons. The molecule has 12 heteroatoms. The second-order valence-corrected chi connectivity index (χ2v) is 13.1. The van der Waals surface area contributed by atoms with Gasteiger partial charge in [0, 0.05) is 25.0 Å². The summed E-state index contributed by atoms with van der Waals surface area (Å²) in [7, 11) is -2.84. The van der Waals surface area contributed by atoms with Crippen molar-refractivity contribution in [2.24, 2.45) is 0 Å². The zero-order valence-electron chi connectivity index (χ0n) is 24.6. The molecule has 0 aliphatic carbocycles. The third-order valence-electron chi connectivity index (χ3n) is 6.97. The molecule has 0 spiro atoms. The number of ether oxygens (including phenoxy) is 1. The Morgan fingerprint density at radius 1 is 0.844 bits per heavy atom. The lowest BCUT2D eigenvalue weighted by atomic mass is 10.0. The summed E-state index contributed by atoms with van der Waals surface area (Å²) >= 11 is 18.5. The molecule has 0 bridgehead atoms. The number of anilines is 1. The molecule has 0 heterocycles. The highest BCUT2D eigenvalue weighted by molar-refractivity contribution is 7.92. The maximum absolute atomic E-state index is 14.5. The van der Waals surface area contributed by atoms with E-state index in [2.05, 4.69) is 5.32 Å². The van der Waals surface area contributed by atoms with Crippen LogP contribution in [0.1, 0.15) is 18.1 Å². The molecular formula is C33H32Cl3N3O5S. The van der Waals surface area contributed by atoms with Gasteiger partial charge in [0.15, 0.2) is 0 Å². The Labute approximate surface area is 278 Å². The summed E-state index contributed by atoms with van der Waals surface area (Å²) in [5, 5.41) is 3.62. The minimum absolute atomic E-state index is 0.0530. The van der Waals surface area contributed by atoms with Crippen LogP contribution < -0.4 is 14.4 Å². The van der Waals surface area contributed by atoms with Gasteiger partial charge >= 0.3 is 0 Å². The minimum Gasteiger partial charge on any atom is -0.492 e. The largest absolute Gasteiger partial charge is 0.492 e. The number of benzene rings is 4. The molecule has 8 nitrogen and oxygen atoms in total. The monoisotopic (exact) mass is 687 g/mol. The summed E-state index contributed by atoms with van der Waals surface area (Å²) in [6.07, 6.45) is 0.174. The minimum atomic E-state index is -4.33. The number of nitrogens with zero attached hydrogens (tertiary/aromatic N) is 2. The maximum atomic E-state index is 14.5. The lowest BCUT2D eigenvalue weighted by molar-refractivity contribution is -0.139. The Morgan fingerprint density at radius 3 is 2.16 bits per heavy atom. The average Bonchev–Trinajstić information content (AvgIpc) is 3.04. The molecule has 45 heavy (non-hydrogen) atoms. The van der Waals surface area contributed by atoms with E-state index in [-0.39, 0.29) is 40.9 Å². The van der Waals surface area contributed by atoms with Crippen molar-refractivity contribution in [3.63, 3.8) is 0 Å². The van der Waals surface area contributed by atoms with Gasteiger partial charge in [0.05, 0.1) is 27.2 Å². The van der Waals surface area contributed by atoms with E-state index in [0.29, 0.717) is 15.6 Å². The Bertz CT molecular complexity index is 1740. The summed E-state index contributed by atoms with van der Waals surface area (Å²) in [5.74, 6) is -0.781. The standard InChI is InChI=1S/C33H32Cl3N3O5S/c1-3-44-31-12-8-7-11-29(31)39(45(42,43)26-16-14-25(34)15-17-26)22-32(40)38(21-24-13-18-27(35)28(36)19-24)30(33(41)37-2)20-23-9-5-4-6-10-23/h4-19,30H,3,20-22H2,1-2H3,(H,37,41)/t30-/m1/s1. The number of hydrogen-bond donors (Lipinski definition) is 1. The molecule has 1 N–H and O–H groups in total. The van der Waals surface area contributed by atoms with Gasteiger partial charge < -0.3 is 15.0 Å². The number of halogens is 3. The zero-order chi connectivity index (χ0) is 32.6. The second kappa shape index (κ2) is 15.5. The first-order chi connectivity index (χ1) is 21.5. The van der Waals surface area contributed by atoms with E-state index in [4.69, 9.17) is 39.5 Å². The molecule has 1 atom stereocenters. The molecule has 0 fully saturated rings. The molecule has 4 rings (SSSR count). The fraction of sp³-hybridized carbons (Fsp3) is 0.212. The fourth-order valence-electron chi connectivity index (χ4n) is 4.74. The topological polar surface area (TPSA) is 96.0 Å². The van der Waals surface area contributed by atoms with Crippen molar-refractivity contribution in [2.75, 3.05) is 24.5 Å². The molecule has 2 amide bonds. The molecule has 0 unspecified atom stereocenters. The van der Waals surface area contributed by atoms with Crippen molar-refractivity contribution in [3.05, 3.63) is 123 Å². The van der Waals surface area contributed by atoms with Crippen LogP contribution in [-0.2, 0) is 32.6 Å². The van der Waals surface area contributed by atoms with Crippen LogP contribution in [0.3, 0.4) is 0 Å². The number of carbonyl (C=O) groups excluding carboxylic acids is 2. The van der Waals surface area contributed by atoms with Crippen LogP contribution in [0.4, 0.5) is 5.69 Å². The smallest absolute Gasteiger partial charge is 0.264 e. The van der Waals surface area contributed by atoms with Gasteiger partial charge in [-0.15, -0.1) is 0 Å². The Balaban J connectivity index is 1.83. The van der Waals surface area contributed by atoms with Gasteiger partial charge in [-0.05, 0) is 66.6 Å². The summed E-state index contributed by atoms with van der Waals surface area (Å²) in [6.45, 7) is 1.34. The van der Waals surface area contributed by atoms with Crippen LogP contribution in [0.2, 0.25) is 15.1 Å². The van der Waals surface area contributed by atoms with E-state index in [0.717, 1.165) is 9.87 Å². The number of para-hydroxylation sites is 2. The van der Waals surface area contributed by atoms with Crippen LogP contribution in [0.15, 0.2) is 102 Å². The fourth-order valence-corrected chi connectivity index (χ4v) is 6.61. The number of likely N-dealkylation sites (N-methyl/N-ethyl adjacent to an activating group) is 1. The SMILES string of the molecule is CCOc1ccccc1N(CC(=O)N(Cc1ccc(Cl)c(Cl)c1)[C@H](Cc1ccccc1)C(=O)NC)S(=O)(=O)c1ccc(Cl)cc1. The molecule has 0 aromatic heterocycles. The lowest BCUT2D eigenvalue weighted by Gasteiger charge is -2.34. The maximum Gasteiger partial charge on any atom is 0.264 e. The summed E-state index contributed by atoms with van der Waals surface area (Å²) < 4.78 is 35.2. The Morgan fingerprint density at radius 2 is 1.51 bits per heavy atom. The third-order valence-corrected chi connectivity index (χ3v) is 9.73. The van der Waals surface area contributed by atoms with Crippen LogP contribution in [0.25, 0.3) is 0 Å². The molecule has 0 saturated carbocycles. The van der Waals surface area contributed by atoms with Gasteiger partial charge in [0.25, 0.3) is 10.0 Å². The van der Waals surface area contributed by atoms with Crippen molar-refractivity contribution in [1.82, 2.24) is 10.2 Å². The van der Waals surface area contributed by atoms with Gasteiger partial charge in [-0.2, -0.15) is 0 Å². The Kier molecular flexibility index (Phi) is 11.7. The number of sulfonamides is 1. The van der Waals surface area contributed by atoms with Gasteiger partial charge in [-0.3, -0.25) is 13.9 Å². The van der Waals surface area contributed by atoms with Crippen molar-refractivity contribution in [2.45, 2.75) is 30.8 Å². The molecule has 0 saturated heterocycles. The number of rotatable bonds is 13. The quantitative estimate of drug-likeness (QED) is 0.170. The first-order valence-electron chi connectivity index (χ1n) is 14.0. The van der Waals surface area contributed by atoms with Crippen LogP contribution >= 0.6 is 34.8 Å². The summed E-state index contributed by atoms with van der Waals surface area (Å²) in [4.78, 5) is 29.1. The lowest BCUT2D eigenvalue weighted by Crippen LogP contribution is -2.53. The first kappa shape index (κ1) is 34.1. The highest BCUT2D eigenvalue weighted by atomic mass is 35.5. The predicted octanol–water partition coefficient (Wildman–Crippen LogP) is 6.63. The van der Waals surface area contributed by atoms with Crippen LogP contribution in [0.5, 0.6) is 5.75 Å². The van der Waals surface area contributed by atoms with Crippen LogP contribution in [0, 0.1) is 0 Å². The first-order valence-corrected chi connectivity index (χ1v) is 16.6. The second-order valence-electron chi connectivity index (χ2n) is 9.96. The summed E-state index contributed by atoms with van der Waals surface area (Å²) in [6, 6.07) is 25.4. The van der Waals surface area contributed by atoms with Crippen molar-refractivity contribution in [1.29, 1.82) is 0 Å². The van der Waals surface area contributed by atoms with E-state index in [1.54, 1.807) is 49.4 Å². The van der Waals surface area contributed by atoms with E-state index in [1.165, 1.54) is 36.2 Å². The number of hydrogen-bond acceptors (Lipinski definition) is 5. The van der Waals surface area contributed by atoms with Gasteiger partial charge in [-0.1, -0.05) is 83.3 Å². The van der Waals surface area contributed by atoms with Gasteiger partial charge in [-0.25, -0.2) is 8.42 Å². The third kappa shape index (κ3) is 8.49. The van der Waals surface area contributed by atoms with E-state index in [9.17, 15) is 18.0 Å². The Hall–Kier alpha value is -3.76. The van der Waals surface area contributed by atoms with E-state index < -0.39 is 34.4 Å². The predicted molar refractivity (Wildman–Crippen MR) is 179 cm³/mol. The molecule has 0 aliphatic heterocycles. The van der Waals surface area contributed by atoms with Crippen molar-refractivity contribution < 1.29 is 22.7 Å². The highest BCUT2D eigenvalue weighted by Crippen LogP contribution is 2.33. The van der Waals surface area contributed by atoms with E-state index in [1.807, 2.05) is 30.3 Å². The van der Waals surface area contributed by atoms with Crippen molar-refractivity contribution in [3.8, 4) is 5.75 Å². The highest BCUT2D eigenvalue weighted by Gasteiger charge is 2.35. The number of amides is 2. The van der Waals surface area contributed by atoms with Gasteiger partial charge in [0.2, 0.25) is 11.8 Å². The van der Waals surface area contributed by atoms with Crippen molar-refractivity contribution >= 4 is 62.3 Å². The average molecular weight is 689 g/mol. The molecule has 0 aliphatic rings. The molecule has 236 valence electrons. The molecular weight excluding hydrogens is 657 g/mol. The number of nitrogens with one attached hydrogen (secondary N) is 1. The molecule has 4 aromatic rings. The van der Waals surface area contributed by atoms with Crippen LogP contribution in [-0.4, -0.2) is 51.4 Å². The number of carbonyl (C=O) groups is 2. The van der Waals surface area contributed by atoms with Gasteiger partial charge in [0.1, 0.15) is 18.3 Å². The van der Waals surface area contributed by atoms with E-state index >= 15 is 0 Å². The summed E-state index contributed by atoms with van der Waals surface area (Å²) in [5.41, 5.74) is 1.57. The zero-order valence-corrected chi connectivity index (χ0v) is 27.7. The normalized spacial score (nSPS) is 11.8.